The van der Waals surface area contributed by atoms with Crippen molar-refractivity contribution in [2.75, 3.05) is 5.32 Å². The molecule has 0 fully saturated rings. The molecule has 1 aromatic rings. The van der Waals surface area contributed by atoms with E-state index in [1.807, 2.05) is 0 Å². The number of alkyl halides is 3. The molecule has 0 heterocycles. The van der Waals surface area contributed by atoms with Gasteiger partial charge in [-0.3, -0.25) is 4.79 Å². The van der Waals surface area contributed by atoms with Crippen LogP contribution in [0, 0.1) is 5.41 Å². The van der Waals surface area contributed by atoms with Gasteiger partial charge in [-0.2, -0.15) is 13.2 Å². The summed E-state index contributed by atoms with van der Waals surface area (Å²) in [4.78, 5) is 12.0. The van der Waals surface area contributed by atoms with Crippen molar-refractivity contribution in [3.05, 3.63) is 28.8 Å². The number of halogens is 4. The van der Waals surface area contributed by atoms with E-state index < -0.39 is 34.6 Å². The van der Waals surface area contributed by atoms with E-state index in [2.05, 4.69) is 10.5 Å². The van der Waals surface area contributed by atoms with Crippen LogP contribution in [0.4, 0.5) is 18.9 Å². The van der Waals surface area contributed by atoms with Crippen molar-refractivity contribution in [2.45, 2.75) is 20.0 Å². The number of rotatable bonds is 3. The molecule has 0 aliphatic rings. The maximum Gasteiger partial charge on any atom is 0.418 e. The van der Waals surface area contributed by atoms with E-state index in [9.17, 15) is 18.0 Å². The number of nitrogens with zero attached hydrogens (tertiary/aromatic N) is 1. The topological polar surface area (TPSA) is 87.7 Å². The number of oxime groups is 1. The molecule has 21 heavy (non-hydrogen) atoms. The molecule has 116 valence electrons. The van der Waals surface area contributed by atoms with E-state index in [1.54, 1.807) is 0 Å². The predicted octanol–water partition coefficient (Wildman–Crippen LogP) is 3.07. The number of hydrogen-bond donors (Lipinski definition) is 3. The van der Waals surface area contributed by atoms with Crippen molar-refractivity contribution in [2.24, 2.45) is 16.3 Å². The van der Waals surface area contributed by atoms with Crippen LogP contribution < -0.4 is 11.1 Å². The average Bonchev–Trinajstić information content (AvgIpc) is 2.38. The summed E-state index contributed by atoms with van der Waals surface area (Å²) < 4.78 is 38.7. The first-order valence-electron chi connectivity index (χ1n) is 5.66. The Morgan fingerprint density at radius 1 is 1.38 bits per heavy atom. The molecule has 0 aliphatic heterocycles. The molecule has 5 nitrogen and oxygen atoms in total. The van der Waals surface area contributed by atoms with Gasteiger partial charge in [0.05, 0.1) is 11.3 Å². The maximum atomic E-state index is 12.9. The van der Waals surface area contributed by atoms with Crippen LogP contribution in [-0.2, 0) is 11.0 Å². The Balaban J connectivity index is 3.18. The Morgan fingerprint density at radius 2 is 1.95 bits per heavy atom. The van der Waals surface area contributed by atoms with E-state index in [0.29, 0.717) is 6.07 Å². The monoisotopic (exact) mass is 323 g/mol. The summed E-state index contributed by atoms with van der Waals surface area (Å²) in [5.41, 5.74) is 2.31. The highest BCUT2D eigenvalue weighted by Gasteiger charge is 2.37. The van der Waals surface area contributed by atoms with Crippen LogP contribution in [0.2, 0.25) is 5.02 Å². The molecule has 0 aliphatic carbocycles. The number of carbonyl (C=O) groups excluding carboxylic acids is 1. The average molecular weight is 324 g/mol. The van der Waals surface area contributed by atoms with Crippen LogP contribution in [0.1, 0.15) is 19.4 Å². The second kappa shape index (κ2) is 5.80. The van der Waals surface area contributed by atoms with Gasteiger partial charge in [-0.1, -0.05) is 16.8 Å². The second-order valence-electron chi connectivity index (χ2n) is 4.75. The highest BCUT2D eigenvalue weighted by atomic mass is 35.5. The molecule has 0 unspecified atom stereocenters. The van der Waals surface area contributed by atoms with E-state index in [1.165, 1.54) is 19.9 Å². The summed E-state index contributed by atoms with van der Waals surface area (Å²) in [6, 6.07) is 2.95. The normalized spacial score (nSPS) is 13.1. The minimum atomic E-state index is -4.69. The van der Waals surface area contributed by atoms with Gasteiger partial charge in [0, 0.05) is 5.02 Å². The molecule has 4 N–H and O–H groups in total. The molecular weight excluding hydrogens is 311 g/mol. The zero-order chi connectivity index (χ0) is 16.4. The third-order valence-corrected chi connectivity index (χ3v) is 3.09. The number of carbonyl (C=O) groups is 1. The number of amides is 1. The Labute approximate surface area is 123 Å². The third kappa shape index (κ3) is 3.78. The molecule has 1 amide bonds. The first-order valence-corrected chi connectivity index (χ1v) is 6.04. The molecule has 0 spiro atoms. The fourth-order valence-electron chi connectivity index (χ4n) is 1.38. The fourth-order valence-corrected chi connectivity index (χ4v) is 1.55. The predicted molar refractivity (Wildman–Crippen MR) is 72.3 cm³/mol. The number of nitrogens with one attached hydrogen (secondary N) is 1. The van der Waals surface area contributed by atoms with Crippen LogP contribution in [0.3, 0.4) is 0 Å². The molecule has 0 aromatic heterocycles. The van der Waals surface area contributed by atoms with Crippen molar-refractivity contribution in [3.8, 4) is 0 Å². The SMILES string of the molecule is CC(C)(C(=O)Nc1ccc(Cl)cc1C(F)(F)F)C(N)=NO. The smallest absolute Gasteiger partial charge is 0.409 e. The number of hydrogen-bond acceptors (Lipinski definition) is 3. The summed E-state index contributed by atoms with van der Waals surface area (Å²) in [7, 11) is 0. The molecular formula is C12H13ClF3N3O2. The first-order chi connectivity index (χ1) is 9.50. The lowest BCUT2D eigenvalue weighted by Gasteiger charge is -2.23. The van der Waals surface area contributed by atoms with E-state index in [4.69, 9.17) is 22.5 Å². The van der Waals surface area contributed by atoms with Gasteiger partial charge in [0.1, 0.15) is 5.41 Å². The van der Waals surface area contributed by atoms with Gasteiger partial charge in [0.2, 0.25) is 5.91 Å². The fraction of sp³-hybridized carbons (Fsp3) is 0.333. The van der Waals surface area contributed by atoms with E-state index in [-0.39, 0.29) is 5.02 Å². The van der Waals surface area contributed by atoms with Gasteiger partial charge >= 0.3 is 6.18 Å². The number of amidine groups is 1. The molecule has 0 bridgehead atoms. The lowest BCUT2D eigenvalue weighted by molar-refractivity contribution is -0.137. The molecule has 9 heteroatoms. The second-order valence-corrected chi connectivity index (χ2v) is 5.19. The summed E-state index contributed by atoms with van der Waals surface area (Å²) in [6.45, 7) is 2.61. The number of anilines is 1. The Morgan fingerprint density at radius 3 is 2.43 bits per heavy atom. The summed E-state index contributed by atoms with van der Waals surface area (Å²) >= 11 is 5.54. The molecule has 0 saturated heterocycles. The highest BCUT2D eigenvalue weighted by molar-refractivity contribution is 6.30. The standard InChI is InChI=1S/C12H13ClF3N3O2/c1-11(2,9(17)19-21)10(20)18-8-4-3-6(13)5-7(8)12(14,15)16/h3-5,21H,1-2H3,(H2,17,19)(H,18,20). The van der Waals surface area contributed by atoms with Gasteiger partial charge in [0.15, 0.2) is 5.84 Å². The zero-order valence-electron chi connectivity index (χ0n) is 11.1. The van der Waals surface area contributed by atoms with Crippen LogP contribution in [0.25, 0.3) is 0 Å². The van der Waals surface area contributed by atoms with Crippen molar-refractivity contribution in [3.63, 3.8) is 0 Å². The Kier molecular flexibility index (Phi) is 4.72. The van der Waals surface area contributed by atoms with Gasteiger partial charge in [-0.05, 0) is 32.0 Å². The van der Waals surface area contributed by atoms with Crippen LogP contribution in [-0.4, -0.2) is 17.0 Å². The summed E-state index contributed by atoms with van der Waals surface area (Å²) in [6.07, 6.45) is -4.69. The quantitative estimate of drug-likeness (QED) is 0.346. The van der Waals surface area contributed by atoms with Gasteiger partial charge < -0.3 is 16.3 Å². The Hall–Kier alpha value is -1.96. The van der Waals surface area contributed by atoms with Crippen LogP contribution >= 0.6 is 11.6 Å². The molecule has 0 atom stereocenters. The van der Waals surface area contributed by atoms with Gasteiger partial charge in [0.25, 0.3) is 0 Å². The van der Waals surface area contributed by atoms with Crippen LogP contribution in [0.5, 0.6) is 0 Å². The summed E-state index contributed by atoms with van der Waals surface area (Å²) in [5, 5.41) is 13.3. The zero-order valence-corrected chi connectivity index (χ0v) is 11.9. The summed E-state index contributed by atoms with van der Waals surface area (Å²) in [5.74, 6) is -1.28. The van der Waals surface area contributed by atoms with Crippen LogP contribution in [0.15, 0.2) is 23.4 Å². The minimum absolute atomic E-state index is 0.115. The van der Waals surface area contributed by atoms with Crippen molar-refractivity contribution < 1.29 is 23.2 Å². The molecule has 1 aromatic carbocycles. The van der Waals surface area contributed by atoms with Crippen molar-refractivity contribution >= 4 is 29.0 Å². The lowest BCUT2D eigenvalue weighted by Crippen LogP contribution is -2.42. The van der Waals surface area contributed by atoms with Crippen molar-refractivity contribution in [1.82, 2.24) is 0 Å². The minimum Gasteiger partial charge on any atom is -0.409 e. The first kappa shape index (κ1) is 17.1. The Bertz CT molecular complexity index is 586. The highest BCUT2D eigenvalue weighted by Crippen LogP contribution is 2.37. The molecule has 0 radical (unpaired) electrons. The lowest BCUT2D eigenvalue weighted by atomic mass is 9.90. The molecule has 1 rings (SSSR count). The van der Waals surface area contributed by atoms with Gasteiger partial charge in [-0.15, -0.1) is 0 Å². The van der Waals surface area contributed by atoms with E-state index in [0.717, 1.165) is 6.07 Å². The number of benzene rings is 1. The van der Waals surface area contributed by atoms with Gasteiger partial charge in [-0.25, -0.2) is 0 Å². The maximum absolute atomic E-state index is 12.9. The van der Waals surface area contributed by atoms with E-state index >= 15 is 0 Å². The third-order valence-electron chi connectivity index (χ3n) is 2.85. The molecule has 0 saturated carbocycles. The number of nitrogens with two attached hydrogens (primary N) is 1. The largest absolute Gasteiger partial charge is 0.418 e. The van der Waals surface area contributed by atoms with Crippen molar-refractivity contribution in [1.29, 1.82) is 0 Å².